The Kier molecular flexibility index (Phi) is 4.65. The van der Waals surface area contributed by atoms with Crippen LogP contribution in [-0.4, -0.2) is 23.4 Å². The smallest absolute Gasteiger partial charge is 0.241 e. The molecule has 1 aliphatic carbocycles. The van der Waals surface area contributed by atoms with Crippen molar-refractivity contribution >= 4 is 17.2 Å². The third-order valence-electron chi connectivity index (χ3n) is 4.82. The number of hydrogen-bond acceptors (Lipinski definition) is 3. The zero-order chi connectivity index (χ0) is 14.8. The van der Waals surface area contributed by atoms with Crippen molar-refractivity contribution in [3.8, 4) is 0 Å². The summed E-state index contributed by atoms with van der Waals surface area (Å²) in [5.41, 5.74) is 0. The molecule has 116 valence electrons. The number of amides is 1. The lowest BCUT2D eigenvalue weighted by Crippen LogP contribution is -2.35. The molecule has 3 unspecified atom stereocenters. The number of carbonyl (C=O) groups is 1. The standard InChI is InChI=1S/C17H26N2OS/c1-3-4-6-14-17(20)19(11-12(2)13-8-9-13)16(18-14)15-7-5-10-21-15/h5,7,10,12-14,16,18H,3-4,6,8-9,11H2,1-2H3. The Hall–Kier alpha value is -0.870. The Balaban J connectivity index is 1.73. The van der Waals surface area contributed by atoms with Crippen LogP contribution in [0.4, 0.5) is 0 Å². The molecular weight excluding hydrogens is 280 g/mol. The molecule has 1 N–H and O–H groups in total. The number of nitrogens with one attached hydrogen (secondary N) is 1. The lowest BCUT2D eigenvalue weighted by Gasteiger charge is -2.26. The zero-order valence-electron chi connectivity index (χ0n) is 13.0. The van der Waals surface area contributed by atoms with Gasteiger partial charge in [-0.25, -0.2) is 0 Å². The van der Waals surface area contributed by atoms with Gasteiger partial charge in [0.1, 0.15) is 6.17 Å². The normalized spacial score (nSPS) is 27.3. The van der Waals surface area contributed by atoms with Crippen LogP contribution in [0.25, 0.3) is 0 Å². The van der Waals surface area contributed by atoms with Crippen LogP contribution in [0, 0.1) is 11.8 Å². The van der Waals surface area contributed by atoms with Crippen LogP contribution in [0.15, 0.2) is 17.5 Å². The van der Waals surface area contributed by atoms with E-state index in [1.807, 2.05) is 0 Å². The fourth-order valence-corrected chi connectivity index (χ4v) is 4.09. The molecule has 1 aromatic heterocycles. The van der Waals surface area contributed by atoms with Gasteiger partial charge in [0.15, 0.2) is 0 Å². The van der Waals surface area contributed by atoms with E-state index in [2.05, 4.69) is 41.6 Å². The van der Waals surface area contributed by atoms with Gasteiger partial charge >= 0.3 is 0 Å². The lowest BCUT2D eigenvalue weighted by atomic mass is 10.1. The van der Waals surface area contributed by atoms with E-state index in [1.54, 1.807) is 11.3 Å². The first-order valence-corrected chi connectivity index (χ1v) is 9.18. The Morgan fingerprint density at radius 1 is 1.48 bits per heavy atom. The average Bonchev–Trinajstić information content (AvgIpc) is 3.12. The molecule has 0 spiro atoms. The molecule has 1 saturated carbocycles. The predicted molar refractivity (Wildman–Crippen MR) is 87.1 cm³/mol. The van der Waals surface area contributed by atoms with Crippen LogP contribution in [0.3, 0.4) is 0 Å². The molecule has 21 heavy (non-hydrogen) atoms. The number of thiophene rings is 1. The van der Waals surface area contributed by atoms with Crippen LogP contribution in [0.5, 0.6) is 0 Å². The molecule has 3 nitrogen and oxygen atoms in total. The Morgan fingerprint density at radius 2 is 2.29 bits per heavy atom. The van der Waals surface area contributed by atoms with E-state index < -0.39 is 0 Å². The molecular formula is C17H26N2OS. The van der Waals surface area contributed by atoms with E-state index in [9.17, 15) is 4.79 Å². The molecule has 1 aromatic rings. The van der Waals surface area contributed by atoms with Crippen LogP contribution in [0.2, 0.25) is 0 Å². The van der Waals surface area contributed by atoms with Gasteiger partial charge in [0.2, 0.25) is 5.91 Å². The Morgan fingerprint density at radius 3 is 2.90 bits per heavy atom. The van der Waals surface area contributed by atoms with Crippen molar-refractivity contribution in [2.45, 2.75) is 58.2 Å². The van der Waals surface area contributed by atoms with E-state index in [4.69, 9.17) is 0 Å². The van der Waals surface area contributed by atoms with Crippen molar-refractivity contribution in [1.82, 2.24) is 10.2 Å². The SMILES string of the molecule is CCCCC1NC(c2cccs2)N(CC(C)C2CC2)C1=O. The van der Waals surface area contributed by atoms with Gasteiger partial charge in [-0.1, -0.05) is 32.8 Å². The molecule has 2 aliphatic rings. The number of nitrogens with zero attached hydrogens (tertiary/aromatic N) is 1. The summed E-state index contributed by atoms with van der Waals surface area (Å²) in [7, 11) is 0. The lowest BCUT2D eigenvalue weighted by molar-refractivity contribution is -0.130. The molecule has 0 aromatic carbocycles. The van der Waals surface area contributed by atoms with Gasteiger partial charge in [-0.2, -0.15) is 0 Å². The maximum Gasteiger partial charge on any atom is 0.241 e. The van der Waals surface area contributed by atoms with E-state index in [0.717, 1.165) is 31.7 Å². The fourth-order valence-electron chi connectivity index (χ4n) is 3.30. The second kappa shape index (κ2) is 6.49. The quantitative estimate of drug-likeness (QED) is 0.831. The summed E-state index contributed by atoms with van der Waals surface area (Å²) in [4.78, 5) is 16.1. The van der Waals surface area contributed by atoms with Gasteiger partial charge in [-0.3, -0.25) is 10.1 Å². The van der Waals surface area contributed by atoms with Crippen LogP contribution >= 0.6 is 11.3 Å². The van der Waals surface area contributed by atoms with Crippen molar-refractivity contribution in [2.75, 3.05) is 6.54 Å². The van der Waals surface area contributed by atoms with Crippen LogP contribution in [-0.2, 0) is 4.79 Å². The first kappa shape index (κ1) is 15.0. The van der Waals surface area contributed by atoms with Crippen LogP contribution < -0.4 is 5.32 Å². The summed E-state index contributed by atoms with van der Waals surface area (Å²) >= 11 is 1.75. The topological polar surface area (TPSA) is 32.3 Å². The van der Waals surface area contributed by atoms with Gasteiger partial charge < -0.3 is 4.90 Å². The summed E-state index contributed by atoms with van der Waals surface area (Å²) in [5.74, 6) is 1.79. The Bertz CT molecular complexity index is 469. The number of hydrogen-bond donors (Lipinski definition) is 1. The first-order valence-electron chi connectivity index (χ1n) is 8.30. The minimum Gasteiger partial charge on any atom is -0.320 e. The molecule has 0 bridgehead atoms. The van der Waals surface area contributed by atoms with Gasteiger partial charge in [0.05, 0.1) is 6.04 Å². The van der Waals surface area contributed by atoms with Crippen molar-refractivity contribution < 1.29 is 4.79 Å². The molecule has 3 atom stereocenters. The molecule has 4 heteroatoms. The van der Waals surface area contributed by atoms with Gasteiger partial charge in [0, 0.05) is 11.4 Å². The third kappa shape index (κ3) is 3.32. The van der Waals surface area contributed by atoms with Crippen molar-refractivity contribution in [3.63, 3.8) is 0 Å². The van der Waals surface area contributed by atoms with Crippen molar-refractivity contribution in [1.29, 1.82) is 0 Å². The highest BCUT2D eigenvalue weighted by atomic mass is 32.1. The zero-order valence-corrected chi connectivity index (χ0v) is 13.9. The molecule has 2 fully saturated rings. The van der Waals surface area contributed by atoms with E-state index in [-0.39, 0.29) is 12.2 Å². The molecule has 1 aliphatic heterocycles. The van der Waals surface area contributed by atoms with Crippen molar-refractivity contribution in [2.24, 2.45) is 11.8 Å². The average molecular weight is 306 g/mol. The number of unbranched alkanes of at least 4 members (excludes halogenated alkanes) is 1. The van der Waals surface area contributed by atoms with E-state index >= 15 is 0 Å². The minimum atomic E-state index is 0.0171. The van der Waals surface area contributed by atoms with E-state index in [1.165, 1.54) is 17.7 Å². The number of carbonyl (C=O) groups excluding carboxylic acids is 1. The predicted octanol–water partition coefficient (Wildman–Crippen LogP) is 3.78. The fraction of sp³-hybridized carbons (Fsp3) is 0.706. The second-order valence-corrected chi connectivity index (χ2v) is 7.56. The number of rotatable bonds is 7. The summed E-state index contributed by atoms with van der Waals surface area (Å²) in [6.45, 7) is 5.39. The van der Waals surface area contributed by atoms with Gasteiger partial charge in [-0.15, -0.1) is 11.3 Å². The first-order chi connectivity index (χ1) is 10.2. The summed E-state index contributed by atoms with van der Waals surface area (Å²) in [5, 5.41) is 5.68. The monoisotopic (exact) mass is 306 g/mol. The molecule has 2 heterocycles. The van der Waals surface area contributed by atoms with E-state index in [0.29, 0.717) is 11.8 Å². The largest absolute Gasteiger partial charge is 0.320 e. The minimum absolute atomic E-state index is 0.0171. The highest BCUT2D eigenvalue weighted by Gasteiger charge is 2.41. The van der Waals surface area contributed by atoms with Crippen molar-refractivity contribution in [3.05, 3.63) is 22.4 Å². The second-order valence-electron chi connectivity index (χ2n) is 6.58. The molecule has 0 radical (unpaired) electrons. The maximum absolute atomic E-state index is 12.8. The molecule has 1 amide bonds. The highest BCUT2D eigenvalue weighted by Crippen LogP contribution is 2.39. The summed E-state index contributed by atoms with van der Waals surface area (Å²) in [6.07, 6.45) is 6.02. The summed E-state index contributed by atoms with van der Waals surface area (Å²) in [6, 6.07) is 4.24. The molecule has 1 saturated heterocycles. The summed E-state index contributed by atoms with van der Waals surface area (Å²) < 4.78 is 0. The van der Waals surface area contributed by atoms with Crippen LogP contribution in [0.1, 0.15) is 57.0 Å². The van der Waals surface area contributed by atoms with Gasteiger partial charge in [-0.05, 0) is 42.5 Å². The maximum atomic E-state index is 12.8. The Labute approximate surface area is 131 Å². The molecule has 3 rings (SSSR count). The third-order valence-corrected chi connectivity index (χ3v) is 5.75. The highest BCUT2D eigenvalue weighted by molar-refractivity contribution is 7.10. The van der Waals surface area contributed by atoms with Gasteiger partial charge in [0.25, 0.3) is 0 Å².